The Kier molecular flexibility index (Phi) is 3.44. The lowest BCUT2D eigenvalue weighted by molar-refractivity contribution is 0.0706. The molecule has 6 nitrogen and oxygen atoms in total. The van der Waals surface area contributed by atoms with Gasteiger partial charge in [-0.2, -0.15) is 0 Å². The summed E-state index contributed by atoms with van der Waals surface area (Å²) < 4.78 is 5.39. The smallest absolute Gasteiger partial charge is 0.293 e. The largest absolute Gasteiger partial charge is 0.350 e. The topological polar surface area (TPSA) is 72.1 Å². The van der Waals surface area contributed by atoms with Crippen LogP contribution in [0.3, 0.4) is 0 Å². The Hall–Kier alpha value is -2.24. The van der Waals surface area contributed by atoms with Crippen molar-refractivity contribution in [1.82, 2.24) is 20.0 Å². The first kappa shape index (κ1) is 15.3. The van der Waals surface area contributed by atoms with Gasteiger partial charge in [-0.3, -0.25) is 4.79 Å². The number of hydrogen-bond acceptors (Lipinski definition) is 5. The van der Waals surface area contributed by atoms with Gasteiger partial charge in [-0.1, -0.05) is 25.9 Å². The highest BCUT2D eigenvalue weighted by Gasteiger charge is 2.32. The summed E-state index contributed by atoms with van der Waals surface area (Å²) in [6.45, 7) is 7.32. The fourth-order valence-electron chi connectivity index (χ4n) is 3.36. The fourth-order valence-corrected chi connectivity index (χ4v) is 3.36. The monoisotopic (exact) mass is 326 g/mol. The summed E-state index contributed by atoms with van der Waals surface area (Å²) >= 11 is 0. The van der Waals surface area contributed by atoms with Crippen LogP contribution in [-0.2, 0) is 31.3 Å². The first-order valence-electron chi connectivity index (χ1n) is 8.55. The molecule has 4 rings (SSSR count). The van der Waals surface area contributed by atoms with Crippen LogP contribution in [0, 0.1) is 0 Å². The molecule has 0 aromatic carbocycles. The van der Waals surface area contributed by atoms with Gasteiger partial charge in [-0.15, -0.1) is 0 Å². The minimum absolute atomic E-state index is 0.0824. The average molecular weight is 326 g/mol. The van der Waals surface area contributed by atoms with Crippen LogP contribution in [-0.4, -0.2) is 25.9 Å². The quantitative estimate of drug-likeness (QED) is 0.806. The maximum absolute atomic E-state index is 12.9. The molecule has 2 aliphatic rings. The molecule has 24 heavy (non-hydrogen) atoms. The number of nitrogens with zero attached hydrogens (tertiary/aromatic N) is 4. The second-order valence-corrected chi connectivity index (χ2v) is 7.72. The summed E-state index contributed by atoms with van der Waals surface area (Å²) in [5.41, 5.74) is 3.82. The predicted octanol–water partition coefficient (Wildman–Crippen LogP) is 2.80. The second-order valence-electron chi connectivity index (χ2n) is 7.72. The molecule has 0 radical (unpaired) electrons. The van der Waals surface area contributed by atoms with Crippen LogP contribution >= 0.6 is 0 Å². The molecule has 1 amide bonds. The Labute approximate surface area is 141 Å². The van der Waals surface area contributed by atoms with Gasteiger partial charge in [0.2, 0.25) is 5.76 Å². The average Bonchev–Trinajstić information content (AvgIpc) is 3.16. The Morgan fingerprint density at radius 2 is 1.96 bits per heavy atom. The van der Waals surface area contributed by atoms with Gasteiger partial charge < -0.3 is 9.42 Å². The number of amides is 1. The van der Waals surface area contributed by atoms with Crippen molar-refractivity contribution in [3.05, 3.63) is 40.3 Å². The highest BCUT2D eigenvalue weighted by atomic mass is 16.5. The van der Waals surface area contributed by atoms with Gasteiger partial charge >= 0.3 is 0 Å². The highest BCUT2D eigenvalue weighted by molar-refractivity contribution is 5.93. The fraction of sp³-hybridized carbons (Fsp3) is 0.556. The minimum Gasteiger partial charge on any atom is -0.350 e. The predicted molar refractivity (Wildman–Crippen MR) is 87.5 cm³/mol. The van der Waals surface area contributed by atoms with E-state index in [1.54, 1.807) is 4.90 Å². The second kappa shape index (κ2) is 5.40. The van der Waals surface area contributed by atoms with E-state index in [0.29, 0.717) is 18.8 Å². The lowest BCUT2D eigenvalue weighted by atomic mass is 9.95. The molecule has 126 valence electrons. The summed E-state index contributed by atoms with van der Waals surface area (Å²) in [5, 5.41) is 4.09. The summed E-state index contributed by atoms with van der Waals surface area (Å²) in [6.07, 6.45) is 5.86. The van der Waals surface area contributed by atoms with Crippen molar-refractivity contribution in [3.63, 3.8) is 0 Å². The van der Waals surface area contributed by atoms with Crippen LogP contribution in [0.2, 0.25) is 0 Å². The zero-order chi connectivity index (χ0) is 16.9. The summed E-state index contributed by atoms with van der Waals surface area (Å²) in [4.78, 5) is 23.8. The molecule has 1 aliphatic heterocycles. The molecule has 0 fully saturated rings. The van der Waals surface area contributed by atoms with Crippen molar-refractivity contribution in [2.24, 2.45) is 0 Å². The number of carbonyl (C=O) groups is 1. The zero-order valence-electron chi connectivity index (χ0n) is 14.4. The molecule has 0 saturated carbocycles. The third-order valence-electron chi connectivity index (χ3n) is 4.77. The number of hydrogen-bond donors (Lipinski definition) is 0. The number of aryl methyl sites for hydroxylation is 1. The third-order valence-corrected chi connectivity index (χ3v) is 4.77. The van der Waals surface area contributed by atoms with Crippen molar-refractivity contribution in [1.29, 1.82) is 0 Å². The van der Waals surface area contributed by atoms with Gasteiger partial charge in [0.1, 0.15) is 5.82 Å². The third kappa shape index (κ3) is 2.50. The molecule has 6 heteroatoms. The van der Waals surface area contributed by atoms with Crippen molar-refractivity contribution >= 4 is 5.91 Å². The normalized spacial score (nSPS) is 16.9. The van der Waals surface area contributed by atoms with Crippen molar-refractivity contribution in [3.8, 4) is 0 Å². The van der Waals surface area contributed by atoms with E-state index in [1.165, 1.54) is 0 Å². The molecule has 2 aromatic rings. The molecule has 0 spiro atoms. The first-order chi connectivity index (χ1) is 11.4. The molecule has 0 bridgehead atoms. The maximum Gasteiger partial charge on any atom is 0.293 e. The van der Waals surface area contributed by atoms with Crippen LogP contribution in [0.1, 0.15) is 72.5 Å². The standard InChI is InChI=1S/C18H22N4O2/c1-18(2,3)17-19-8-11-9-22(10-14(11)20-17)16(23)15-12-6-4-5-7-13(12)21-24-15/h8H,4-7,9-10H2,1-3H3. The van der Waals surface area contributed by atoms with Gasteiger partial charge in [-0.05, 0) is 25.7 Å². The van der Waals surface area contributed by atoms with E-state index in [4.69, 9.17) is 4.52 Å². The van der Waals surface area contributed by atoms with Crippen LogP contribution in [0.4, 0.5) is 0 Å². The maximum atomic E-state index is 12.9. The van der Waals surface area contributed by atoms with Crippen LogP contribution in [0.15, 0.2) is 10.7 Å². The van der Waals surface area contributed by atoms with Gasteiger partial charge in [0, 0.05) is 29.3 Å². The zero-order valence-corrected chi connectivity index (χ0v) is 14.4. The lowest BCUT2D eigenvalue weighted by Gasteiger charge is -2.16. The number of rotatable bonds is 1. The van der Waals surface area contributed by atoms with Crippen molar-refractivity contribution in [2.75, 3.05) is 0 Å². The van der Waals surface area contributed by atoms with E-state index >= 15 is 0 Å². The van der Waals surface area contributed by atoms with Crippen molar-refractivity contribution in [2.45, 2.75) is 65.0 Å². The van der Waals surface area contributed by atoms with E-state index in [-0.39, 0.29) is 11.3 Å². The SMILES string of the molecule is CC(C)(C)c1ncc2c(n1)CN(C(=O)c1onc3c1CCCC3)C2. The minimum atomic E-state index is -0.101. The first-order valence-corrected chi connectivity index (χ1v) is 8.55. The van der Waals surface area contributed by atoms with Crippen LogP contribution < -0.4 is 0 Å². The summed E-state index contributed by atoms with van der Waals surface area (Å²) in [7, 11) is 0. The Morgan fingerprint density at radius 3 is 2.75 bits per heavy atom. The van der Waals surface area contributed by atoms with E-state index in [9.17, 15) is 4.79 Å². The van der Waals surface area contributed by atoms with Crippen molar-refractivity contribution < 1.29 is 9.32 Å². The lowest BCUT2D eigenvalue weighted by Crippen LogP contribution is -2.26. The molecule has 0 atom stereocenters. The molecule has 0 unspecified atom stereocenters. The summed E-state index contributed by atoms with van der Waals surface area (Å²) in [5.74, 6) is 1.15. The van der Waals surface area contributed by atoms with E-state index < -0.39 is 0 Å². The molecular weight excluding hydrogens is 304 g/mol. The van der Waals surface area contributed by atoms with E-state index in [1.807, 2.05) is 6.20 Å². The molecular formula is C18H22N4O2. The Bertz CT molecular complexity index is 804. The van der Waals surface area contributed by atoms with Gasteiger partial charge in [0.15, 0.2) is 0 Å². The molecule has 2 aromatic heterocycles. The van der Waals surface area contributed by atoms with Gasteiger partial charge in [-0.25, -0.2) is 9.97 Å². The van der Waals surface area contributed by atoms with E-state index in [2.05, 4.69) is 35.9 Å². The molecule has 3 heterocycles. The number of carbonyl (C=O) groups excluding carboxylic acids is 1. The van der Waals surface area contributed by atoms with E-state index in [0.717, 1.165) is 54.0 Å². The summed E-state index contributed by atoms with van der Waals surface area (Å²) in [6, 6.07) is 0. The molecule has 0 N–H and O–H groups in total. The number of aromatic nitrogens is 3. The Morgan fingerprint density at radius 1 is 1.17 bits per heavy atom. The molecule has 0 saturated heterocycles. The highest BCUT2D eigenvalue weighted by Crippen LogP contribution is 2.29. The van der Waals surface area contributed by atoms with Gasteiger partial charge in [0.05, 0.1) is 17.9 Å². The number of fused-ring (bicyclic) bond motifs is 2. The van der Waals surface area contributed by atoms with Crippen LogP contribution in [0.5, 0.6) is 0 Å². The Balaban J connectivity index is 1.58. The van der Waals surface area contributed by atoms with Crippen LogP contribution in [0.25, 0.3) is 0 Å². The molecule has 1 aliphatic carbocycles. The van der Waals surface area contributed by atoms with Gasteiger partial charge in [0.25, 0.3) is 5.91 Å².